The van der Waals surface area contributed by atoms with Crippen molar-refractivity contribution in [2.45, 2.75) is 51.5 Å². The molecule has 0 spiro atoms. The molecule has 0 saturated heterocycles. The molecule has 1 aromatic heterocycles. The van der Waals surface area contributed by atoms with Crippen molar-refractivity contribution in [2.75, 3.05) is 25.6 Å². The minimum absolute atomic E-state index is 0.406. The Morgan fingerprint density at radius 1 is 0.714 bits per heavy atom. The molecule has 4 rings (SSSR count). The van der Waals surface area contributed by atoms with Crippen LogP contribution in [0.3, 0.4) is 0 Å². The highest BCUT2D eigenvalue weighted by atomic mass is 16.5. The van der Waals surface area contributed by atoms with Crippen LogP contribution in [0.25, 0.3) is 16.0 Å². The highest BCUT2D eigenvalue weighted by Crippen LogP contribution is 2.25. The Morgan fingerprint density at radius 3 is 1.86 bits per heavy atom. The van der Waals surface area contributed by atoms with Crippen molar-refractivity contribution in [1.82, 2.24) is 0 Å². The van der Waals surface area contributed by atoms with E-state index in [9.17, 15) is 4.79 Å². The number of aryl methyl sites for hydroxylation is 1. The summed E-state index contributed by atoms with van der Waals surface area (Å²) in [5.74, 6) is 0.837. The van der Waals surface area contributed by atoms with Crippen molar-refractivity contribution >= 4 is 17.3 Å². The first-order valence-electron chi connectivity index (χ1n) is 14.7. The summed E-state index contributed by atoms with van der Waals surface area (Å²) in [5, 5.41) is 0. The van der Waals surface area contributed by atoms with Crippen LogP contribution in [0.15, 0.2) is 97.3 Å². The number of ether oxygens (including phenoxy) is 2. The molecule has 0 saturated carbocycles. The second-order valence-electron chi connectivity index (χ2n) is 10.6. The van der Waals surface area contributed by atoms with Crippen LogP contribution in [0.4, 0.5) is 11.4 Å². The normalized spacial score (nSPS) is 10.6. The average Bonchev–Trinajstić information content (AvgIpc) is 3.03. The van der Waals surface area contributed by atoms with Gasteiger partial charge in [-0.3, -0.25) is 0 Å². The standard InChI is InChI=1S/C36H40N3O3/c1-37-32-17-11-29(12-18-32)30-13-21-35(22-14-30)42-36(40)31-15-19-34(20-16-31)41-28-10-8-6-4-5-7-9-25-39-26-23-33(24-27-39)38(2)3/h11-24,26-27H,4-10,25,28H2,2-3H3/q+1. The minimum Gasteiger partial charge on any atom is -0.494 e. The van der Waals surface area contributed by atoms with E-state index in [4.69, 9.17) is 16.0 Å². The minimum atomic E-state index is -0.406. The molecule has 0 N–H and O–H groups in total. The quantitative estimate of drug-likeness (QED) is 0.0481. The van der Waals surface area contributed by atoms with E-state index in [1.54, 1.807) is 36.4 Å². The van der Waals surface area contributed by atoms with E-state index in [0.717, 1.165) is 36.3 Å². The molecule has 0 fully saturated rings. The molecule has 0 aliphatic rings. The van der Waals surface area contributed by atoms with Gasteiger partial charge in [-0.25, -0.2) is 14.2 Å². The van der Waals surface area contributed by atoms with Gasteiger partial charge in [0.2, 0.25) is 0 Å². The number of carbonyl (C=O) groups is 1. The number of pyridine rings is 1. The largest absolute Gasteiger partial charge is 0.494 e. The average molecular weight is 563 g/mol. The molecule has 4 aromatic rings. The Bertz CT molecular complexity index is 1420. The number of carbonyl (C=O) groups excluding carboxylic acids is 1. The summed E-state index contributed by atoms with van der Waals surface area (Å²) in [6, 6.07) is 26.2. The molecule has 1 heterocycles. The van der Waals surface area contributed by atoms with Crippen LogP contribution < -0.4 is 18.9 Å². The smallest absolute Gasteiger partial charge is 0.343 e. The third kappa shape index (κ3) is 9.49. The summed E-state index contributed by atoms with van der Waals surface area (Å²) in [6.45, 7) is 8.82. The van der Waals surface area contributed by atoms with E-state index in [1.165, 1.54) is 37.8 Å². The van der Waals surface area contributed by atoms with Crippen molar-refractivity contribution < 1.29 is 18.8 Å². The fourth-order valence-electron chi connectivity index (χ4n) is 4.66. The third-order valence-electron chi connectivity index (χ3n) is 7.20. The van der Waals surface area contributed by atoms with Crippen LogP contribution in [0.5, 0.6) is 11.5 Å². The van der Waals surface area contributed by atoms with E-state index >= 15 is 0 Å². The van der Waals surface area contributed by atoms with Crippen molar-refractivity contribution in [3.63, 3.8) is 0 Å². The SMILES string of the molecule is [C-]#[N+]c1ccc(-c2ccc(OC(=O)c3ccc(OCCCCCCCCC[n+]4ccc(N(C)C)cc4)cc3)cc2)cc1. The van der Waals surface area contributed by atoms with Gasteiger partial charge >= 0.3 is 5.97 Å². The van der Waals surface area contributed by atoms with Crippen LogP contribution in [0.2, 0.25) is 0 Å². The molecule has 216 valence electrons. The van der Waals surface area contributed by atoms with Crippen molar-refractivity contribution in [3.05, 3.63) is 114 Å². The number of rotatable bonds is 15. The molecule has 0 amide bonds. The zero-order valence-electron chi connectivity index (χ0n) is 24.7. The van der Waals surface area contributed by atoms with E-state index in [2.05, 4.69) is 52.9 Å². The Kier molecular flexibility index (Phi) is 11.5. The van der Waals surface area contributed by atoms with Crippen molar-refractivity contribution in [2.24, 2.45) is 0 Å². The molecule has 0 atom stereocenters. The Labute approximate surface area is 250 Å². The number of esters is 1. The number of benzene rings is 3. The topological polar surface area (TPSA) is 47.0 Å². The van der Waals surface area contributed by atoms with E-state index in [0.29, 0.717) is 23.6 Å². The van der Waals surface area contributed by atoms with Gasteiger partial charge in [-0.15, -0.1) is 0 Å². The summed E-state index contributed by atoms with van der Waals surface area (Å²) in [4.78, 5) is 18.1. The predicted octanol–water partition coefficient (Wildman–Crippen LogP) is 8.29. The lowest BCUT2D eigenvalue weighted by Crippen LogP contribution is -2.32. The van der Waals surface area contributed by atoms with Gasteiger partial charge in [0.05, 0.1) is 18.7 Å². The zero-order valence-corrected chi connectivity index (χ0v) is 24.7. The molecular weight excluding hydrogens is 522 g/mol. The first kappa shape index (κ1) is 30.3. The molecule has 42 heavy (non-hydrogen) atoms. The van der Waals surface area contributed by atoms with Gasteiger partial charge in [0.1, 0.15) is 18.0 Å². The van der Waals surface area contributed by atoms with Crippen LogP contribution >= 0.6 is 0 Å². The molecule has 0 radical (unpaired) electrons. The number of aromatic nitrogens is 1. The number of hydrogen-bond acceptors (Lipinski definition) is 4. The molecule has 6 nitrogen and oxygen atoms in total. The van der Waals surface area contributed by atoms with Crippen LogP contribution in [0.1, 0.15) is 55.3 Å². The fraction of sp³-hybridized carbons (Fsp3) is 0.306. The molecular formula is C36H40N3O3+. The summed E-state index contributed by atoms with van der Waals surface area (Å²) in [7, 11) is 4.13. The molecule has 0 aliphatic carbocycles. The van der Waals surface area contributed by atoms with Crippen LogP contribution in [-0.2, 0) is 6.54 Å². The van der Waals surface area contributed by atoms with Gasteiger partial charge in [0, 0.05) is 38.3 Å². The van der Waals surface area contributed by atoms with E-state index in [1.807, 2.05) is 36.4 Å². The highest BCUT2D eigenvalue weighted by Gasteiger charge is 2.10. The Balaban J connectivity index is 1.07. The van der Waals surface area contributed by atoms with Crippen molar-refractivity contribution in [3.8, 4) is 22.6 Å². The lowest BCUT2D eigenvalue weighted by atomic mass is 10.1. The molecule has 3 aromatic carbocycles. The van der Waals surface area contributed by atoms with E-state index in [-0.39, 0.29) is 0 Å². The Hall–Kier alpha value is -4.63. The van der Waals surface area contributed by atoms with Gasteiger partial charge in [-0.1, -0.05) is 62.1 Å². The molecule has 6 heteroatoms. The summed E-state index contributed by atoms with van der Waals surface area (Å²) in [6.07, 6.45) is 12.8. The number of unbranched alkanes of at least 4 members (excludes halogenated alkanes) is 6. The fourth-order valence-corrected chi connectivity index (χ4v) is 4.66. The molecule has 0 unspecified atom stereocenters. The van der Waals surface area contributed by atoms with Gasteiger partial charge < -0.3 is 14.4 Å². The predicted molar refractivity (Wildman–Crippen MR) is 168 cm³/mol. The maximum Gasteiger partial charge on any atom is 0.343 e. The third-order valence-corrected chi connectivity index (χ3v) is 7.20. The summed E-state index contributed by atoms with van der Waals surface area (Å²) in [5.41, 5.74) is 4.31. The zero-order chi connectivity index (χ0) is 29.6. The van der Waals surface area contributed by atoms with Gasteiger partial charge in [-0.05, 0) is 60.4 Å². The number of hydrogen-bond donors (Lipinski definition) is 0. The summed E-state index contributed by atoms with van der Waals surface area (Å²) >= 11 is 0. The second-order valence-corrected chi connectivity index (χ2v) is 10.6. The number of nitrogens with zero attached hydrogens (tertiary/aromatic N) is 3. The second kappa shape index (κ2) is 16.0. The maximum atomic E-state index is 12.6. The van der Waals surface area contributed by atoms with Crippen molar-refractivity contribution in [1.29, 1.82) is 0 Å². The highest BCUT2D eigenvalue weighted by molar-refractivity contribution is 5.91. The maximum absolute atomic E-state index is 12.6. The van der Waals surface area contributed by atoms with Gasteiger partial charge in [0.15, 0.2) is 18.1 Å². The lowest BCUT2D eigenvalue weighted by Gasteiger charge is -2.10. The van der Waals surface area contributed by atoms with Crippen LogP contribution in [0, 0.1) is 6.57 Å². The first-order valence-corrected chi connectivity index (χ1v) is 14.7. The Morgan fingerprint density at radius 2 is 1.26 bits per heavy atom. The number of anilines is 1. The summed E-state index contributed by atoms with van der Waals surface area (Å²) < 4.78 is 13.7. The van der Waals surface area contributed by atoms with Gasteiger partial charge in [-0.2, -0.15) is 0 Å². The lowest BCUT2D eigenvalue weighted by molar-refractivity contribution is -0.697. The first-order chi connectivity index (χ1) is 20.5. The monoisotopic (exact) mass is 562 g/mol. The van der Waals surface area contributed by atoms with Crippen LogP contribution in [-0.4, -0.2) is 26.7 Å². The molecule has 0 aliphatic heterocycles. The molecule has 0 bridgehead atoms. The van der Waals surface area contributed by atoms with E-state index < -0.39 is 5.97 Å². The van der Waals surface area contributed by atoms with Gasteiger partial charge in [0.25, 0.3) is 0 Å².